The molecule has 4 aliphatic rings. The minimum absolute atomic E-state index is 0.0354. The fourth-order valence-electron chi connectivity index (χ4n) is 5.49. The number of rotatable bonds is 1. The lowest BCUT2D eigenvalue weighted by molar-refractivity contribution is -0.128. The predicted molar refractivity (Wildman–Crippen MR) is 85.0 cm³/mol. The van der Waals surface area contributed by atoms with Crippen LogP contribution >= 0.6 is 0 Å². The van der Waals surface area contributed by atoms with Gasteiger partial charge in [0.2, 0.25) is 5.91 Å². The second-order valence-corrected chi connectivity index (χ2v) is 8.71. The van der Waals surface area contributed by atoms with Crippen LogP contribution in [0.15, 0.2) is 11.1 Å². The van der Waals surface area contributed by atoms with Gasteiger partial charge >= 0.3 is 0 Å². The Morgan fingerprint density at radius 2 is 2.05 bits per heavy atom. The Bertz CT molecular complexity index is 565. The van der Waals surface area contributed by atoms with Gasteiger partial charge in [-0.1, -0.05) is 18.1 Å². The average molecular weight is 304 g/mol. The van der Waals surface area contributed by atoms with Crippen molar-refractivity contribution in [3.63, 3.8) is 0 Å². The van der Waals surface area contributed by atoms with Gasteiger partial charge in [0.1, 0.15) is 5.54 Å². The van der Waals surface area contributed by atoms with E-state index in [1.54, 1.807) is 0 Å². The molecule has 4 atom stereocenters. The van der Waals surface area contributed by atoms with Crippen molar-refractivity contribution in [2.45, 2.75) is 82.4 Å². The van der Waals surface area contributed by atoms with Crippen molar-refractivity contribution in [1.82, 2.24) is 5.32 Å². The van der Waals surface area contributed by atoms with Crippen LogP contribution in [0.2, 0.25) is 0 Å². The number of allylic oxidation sites excluding steroid dienone is 2. The molecule has 0 aromatic carbocycles. The van der Waals surface area contributed by atoms with Crippen LogP contribution in [0.25, 0.3) is 0 Å². The molecule has 22 heavy (non-hydrogen) atoms. The standard InChI is InChI=1S/C18H28N2O2/c1-11-4-3-5-16(2)9-14(21)13(8-12(11)16)18(19)10-17(6-7-17)20-15(18)22/h13-14,21H,3-10,19H2,1-2H3,(H,20,22)/t13-,14-,16-,18+/m0/s1. The third-order valence-electron chi connectivity index (χ3n) is 7.02. The van der Waals surface area contributed by atoms with E-state index in [2.05, 4.69) is 19.2 Å². The van der Waals surface area contributed by atoms with Crippen LogP contribution in [0.3, 0.4) is 0 Å². The van der Waals surface area contributed by atoms with E-state index in [0.29, 0.717) is 6.42 Å². The Hall–Kier alpha value is -0.870. The first-order chi connectivity index (χ1) is 10.3. The zero-order chi connectivity index (χ0) is 15.8. The summed E-state index contributed by atoms with van der Waals surface area (Å²) in [5, 5.41) is 13.9. The number of fused-ring (bicyclic) bond motifs is 1. The highest BCUT2D eigenvalue weighted by atomic mass is 16.3. The number of nitrogens with two attached hydrogens (primary N) is 1. The second kappa shape index (κ2) is 4.35. The monoisotopic (exact) mass is 304 g/mol. The van der Waals surface area contributed by atoms with Crippen LogP contribution in [0.4, 0.5) is 0 Å². The molecule has 4 heteroatoms. The number of carbonyl (C=O) groups excluding carboxylic acids is 1. The lowest BCUT2D eigenvalue weighted by atomic mass is 9.57. The van der Waals surface area contributed by atoms with Crippen molar-refractivity contribution >= 4 is 5.91 Å². The molecular formula is C18H28N2O2. The third-order valence-corrected chi connectivity index (χ3v) is 7.02. The molecule has 1 aliphatic heterocycles. The maximum atomic E-state index is 12.6. The van der Waals surface area contributed by atoms with Gasteiger partial charge < -0.3 is 16.2 Å². The predicted octanol–water partition coefficient (Wildman–Crippen LogP) is 2.01. The second-order valence-electron chi connectivity index (χ2n) is 8.71. The molecule has 1 spiro atoms. The van der Waals surface area contributed by atoms with Gasteiger partial charge in [-0.15, -0.1) is 0 Å². The maximum Gasteiger partial charge on any atom is 0.241 e. The smallest absolute Gasteiger partial charge is 0.241 e. The molecule has 3 aliphatic carbocycles. The Balaban J connectivity index is 1.67. The quantitative estimate of drug-likeness (QED) is 0.649. The molecule has 3 fully saturated rings. The Morgan fingerprint density at radius 1 is 1.32 bits per heavy atom. The summed E-state index contributed by atoms with van der Waals surface area (Å²) in [4.78, 5) is 12.6. The van der Waals surface area contributed by atoms with E-state index < -0.39 is 11.6 Å². The number of aliphatic hydroxyl groups is 1. The summed E-state index contributed by atoms with van der Waals surface area (Å²) >= 11 is 0. The average Bonchev–Trinajstić information content (AvgIpc) is 3.10. The van der Waals surface area contributed by atoms with Gasteiger partial charge in [-0.2, -0.15) is 0 Å². The van der Waals surface area contributed by atoms with Crippen LogP contribution in [-0.4, -0.2) is 28.2 Å². The van der Waals surface area contributed by atoms with Crippen LogP contribution in [0.1, 0.15) is 65.2 Å². The van der Waals surface area contributed by atoms with Gasteiger partial charge in [0.05, 0.1) is 6.10 Å². The lowest BCUT2D eigenvalue weighted by Gasteiger charge is -2.49. The minimum atomic E-state index is -0.887. The zero-order valence-corrected chi connectivity index (χ0v) is 13.7. The van der Waals surface area contributed by atoms with Crippen LogP contribution in [0, 0.1) is 11.3 Å². The van der Waals surface area contributed by atoms with Crippen molar-refractivity contribution in [3.8, 4) is 0 Å². The van der Waals surface area contributed by atoms with Crippen LogP contribution in [-0.2, 0) is 4.79 Å². The molecule has 0 radical (unpaired) electrons. The summed E-state index contributed by atoms with van der Waals surface area (Å²) in [6, 6.07) is 0. The lowest BCUT2D eigenvalue weighted by Crippen LogP contribution is -2.59. The summed E-state index contributed by atoms with van der Waals surface area (Å²) in [5.41, 5.74) is 8.73. The number of aliphatic hydroxyl groups excluding tert-OH is 1. The molecule has 4 rings (SSSR count). The van der Waals surface area contributed by atoms with Crippen molar-refractivity contribution in [3.05, 3.63) is 11.1 Å². The van der Waals surface area contributed by atoms with E-state index >= 15 is 0 Å². The van der Waals surface area contributed by atoms with Gasteiger partial charge in [-0.25, -0.2) is 0 Å². The summed E-state index contributed by atoms with van der Waals surface area (Å²) in [5.74, 6) is -0.171. The molecule has 0 bridgehead atoms. The summed E-state index contributed by atoms with van der Waals surface area (Å²) in [6.45, 7) is 4.51. The molecule has 1 saturated heterocycles. The maximum absolute atomic E-state index is 12.6. The molecule has 4 nitrogen and oxygen atoms in total. The number of carbonyl (C=O) groups is 1. The highest BCUT2D eigenvalue weighted by Gasteiger charge is 2.63. The highest BCUT2D eigenvalue weighted by molar-refractivity contribution is 5.90. The van der Waals surface area contributed by atoms with E-state index in [4.69, 9.17) is 5.73 Å². The number of nitrogens with one attached hydrogen (secondary N) is 1. The van der Waals surface area contributed by atoms with Crippen LogP contribution in [0.5, 0.6) is 0 Å². The van der Waals surface area contributed by atoms with Crippen molar-refractivity contribution in [1.29, 1.82) is 0 Å². The molecule has 0 aromatic rings. The third kappa shape index (κ3) is 1.93. The number of hydrogen-bond acceptors (Lipinski definition) is 3. The van der Waals surface area contributed by atoms with E-state index in [1.807, 2.05) is 0 Å². The summed E-state index contributed by atoms with van der Waals surface area (Å²) in [6.07, 6.45) is 7.37. The van der Waals surface area contributed by atoms with E-state index in [9.17, 15) is 9.90 Å². The van der Waals surface area contributed by atoms with Gasteiger partial charge in [0.15, 0.2) is 0 Å². The Morgan fingerprint density at radius 3 is 2.68 bits per heavy atom. The van der Waals surface area contributed by atoms with Gasteiger partial charge in [0.25, 0.3) is 0 Å². The van der Waals surface area contributed by atoms with E-state index in [0.717, 1.165) is 38.5 Å². The SMILES string of the molecule is CC1=C2C[C@H]([C@]3(N)CC4(CC4)NC3=O)[C@@H](O)C[C@]2(C)CCC1. The van der Waals surface area contributed by atoms with Gasteiger partial charge in [-0.05, 0) is 63.7 Å². The molecule has 122 valence electrons. The largest absolute Gasteiger partial charge is 0.393 e. The Labute approximate surface area is 132 Å². The van der Waals surface area contributed by atoms with Crippen molar-refractivity contribution in [2.75, 3.05) is 0 Å². The fourth-order valence-corrected chi connectivity index (χ4v) is 5.49. The minimum Gasteiger partial charge on any atom is -0.393 e. The zero-order valence-electron chi connectivity index (χ0n) is 13.7. The normalized spacial score (nSPS) is 46.6. The first-order valence-corrected chi connectivity index (χ1v) is 8.77. The van der Waals surface area contributed by atoms with Gasteiger partial charge in [0, 0.05) is 11.5 Å². The first-order valence-electron chi connectivity index (χ1n) is 8.77. The van der Waals surface area contributed by atoms with Gasteiger partial charge in [-0.3, -0.25) is 4.79 Å². The number of amides is 1. The summed E-state index contributed by atoms with van der Waals surface area (Å²) in [7, 11) is 0. The highest BCUT2D eigenvalue weighted by Crippen LogP contribution is 2.56. The number of hydrogen-bond donors (Lipinski definition) is 3. The molecule has 1 amide bonds. The van der Waals surface area contributed by atoms with Crippen molar-refractivity contribution < 1.29 is 9.90 Å². The van der Waals surface area contributed by atoms with Crippen LogP contribution < -0.4 is 11.1 Å². The molecule has 0 aromatic heterocycles. The van der Waals surface area contributed by atoms with E-state index in [-0.39, 0.29) is 22.8 Å². The molecule has 0 unspecified atom stereocenters. The molecule has 1 heterocycles. The fraction of sp³-hybridized carbons (Fsp3) is 0.833. The molecule has 2 saturated carbocycles. The van der Waals surface area contributed by atoms with E-state index in [1.165, 1.54) is 17.6 Å². The summed E-state index contributed by atoms with van der Waals surface area (Å²) < 4.78 is 0. The molecule has 4 N–H and O–H groups in total. The topological polar surface area (TPSA) is 75.3 Å². The first kappa shape index (κ1) is 14.7. The molecular weight excluding hydrogens is 276 g/mol. The Kier molecular flexibility index (Phi) is 2.91. The van der Waals surface area contributed by atoms with Crippen molar-refractivity contribution in [2.24, 2.45) is 17.1 Å².